The van der Waals surface area contributed by atoms with Gasteiger partial charge in [-0.05, 0) is 43.6 Å². The van der Waals surface area contributed by atoms with E-state index in [0.29, 0.717) is 0 Å². The lowest BCUT2D eigenvalue weighted by Crippen LogP contribution is -2.32. The van der Waals surface area contributed by atoms with Gasteiger partial charge in [-0.3, -0.25) is 0 Å². The molecule has 1 aromatic carbocycles. The number of rotatable bonds is 5. The van der Waals surface area contributed by atoms with Gasteiger partial charge in [0.15, 0.2) is 0 Å². The normalized spacial score (nSPS) is 17.4. The summed E-state index contributed by atoms with van der Waals surface area (Å²) in [5.41, 5.74) is 1.17. The molecule has 1 aromatic rings. The zero-order valence-electron chi connectivity index (χ0n) is 11.3. The van der Waals surface area contributed by atoms with E-state index >= 15 is 0 Å². The summed E-state index contributed by atoms with van der Waals surface area (Å²) < 4.78 is 1.03. The van der Waals surface area contributed by atoms with Gasteiger partial charge >= 0.3 is 0 Å². The molecule has 1 aliphatic heterocycles. The van der Waals surface area contributed by atoms with Crippen LogP contribution in [0, 0.1) is 0 Å². The van der Waals surface area contributed by atoms with Crippen molar-refractivity contribution >= 4 is 27.5 Å². The Hall–Kier alpha value is -0.0900. The summed E-state index contributed by atoms with van der Waals surface area (Å²) in [7, 11) is 0. The van der Waals surface area contributed by atoms with Gasteiger partial charge in [0.2, 0.25) is 0 Å². The summed E-state index contributed by atoms with van der Waals surface area (Å²) in [6.45, 7) is 5.56. The Morgan fingerprint density at radius 2 is 1.89 bits per heavy atom. The molecule has 0 aliphatic carbocycles. The summed E-state index contributed by atoms with van der Waals surface area (Å²) in [6, 6.07) is 6.07. The van der Waals surface area contributed by atoms with Crippen LogP contribution in [0.25, 0.3) is 0 Å². The van der Waals surface area contributed by atoms with Crippen molar-refractivity contribution in [2.24, 2.45) is 0 Å². The van der Waals surface area contributed by atoms with Crippen LogP contribution in [0.1, 0.15) is 31.2 Å². The fraction of sp³-hybridized carbons (Fsp3) is 0.600. The van der Waals surface area contributed by atoms with Crippen LogP contribution >= 0.6 is 27.5 Å². The van der Waals surface area contributed by atoms with E-state index in [9.17, 15) is 0 Å². The van der Waals surface area contributed by atoms with E-state index in [2.05, 4.69) is 32.2 Å². The van der Waals surface area contributed by atoms with E-state index in [1.807, 2.05) is 12.1 Å². The molecule has 4 heteroatoms. The van der Waals surface area contributed by atoms with Crippen molar-refractivity contribution < 1.29 is 0 Å². The van der Waals surface area contributed by atoms with Gasteiger partial charge in [-0.2, -0.15) is 0 Å². The van der Waals surface area contributed by atoms with Crippen LogP contribution in [-0.4, -0.2) is 31.1 Å². The summed E-state index contributed by atoms with van der Waals surface area (Å²) in [4.78, 5) is 2.57. The molecular weight excluding hydrogens is 324 g/mol. The molecule has 0 spiro atoms. The van der Waals surface area contributed by atoms with Gasteiger partial charge in [0.1, 0.15) is 0 Å². The fourth-order valence-corrected chi connectivity index (χ4v) is 3.23. The maximum atomic E-state index is 6.20. The van der Waals surface area contributed by atoms with Crippen molar-refractivity contribution in [1.29, 1.82) is 0 Å². The summed E-state index contributed by atoms with van der Waals surface area (Å²) in [5, 5.41) is 4.32. The molecule has 0 bridgehead atoms. The van der Waals surface area contributed by atoms with Gasteiger partial charge in [-0.1, -0.05) is 46.4 Å². The van der Waals surface area contributed by atoms with Gasteiger partial charge in [0.05, 0.1) is 0 Å². The number of benzene rings is 1. The van der Waals surface area contributed by atoms with Crippen molar-refractivity contribution in [3.05, 3.63) is 33.3 Å². The minimum atomic E-state index is 0.830. The Kier molecular flexibility index (Phi) is 6.65. The monoisotopic (exact) mass is 344 g/mol. The molecule has 0 radical (unpaired) electrons. The molecule has 2 nitrogen and oxygen atoms in total. The van der Waals surface area contributed by atoms with Gasteiger partial charge in [-0.15, -0.1) is 0 Å². The first-order valence-corrected chi connectivity index (χ1v) is 8.30. The minimum Gasteiger partial charge on any atom is -0.311 e. The maximum absolute atomic E-state index is 6.20. The van der Waals surface area contributed by atoms with Crippen molar-refractivity contribution in [3.8, 4) is 0 Å². The highest BCUT2D eigenvalue weighted by Crippen LogP contribution is 2.21. The molecule has 0 unspecified atom stereocenters. The second kappa shape index (κ2) is 8.25. The molecular formula is C15H22BrClN2. The average molecular weight is 346 g/mol. The highest BCUT2D eigenvalue weighted by atomic mass is 79.9. The van der Waals surface area contributed by atoms with Gasteiger partial charge in [-0.25, -0.2) is 0 Å². The molecule has 0 saturated carbocycles. The second-order valence-corrected chi connectivity index (χ2v) is 6.49. The van der Waals surface area contributed by atoms with Crippen molar-refractivity contribution in [3.63, 3.8) is 0 Å². The van der Waals surface area contributed by atoms with E-state index < -0.39 is 0 Å². The quantitative estimate of drug-likeness (QED) is 0.809. The van der Waals surface area contributed by atoms with E-state index in [-0.39, 0.29) is 0 Å². The molecule has 0 amide bonds. The first kappa shape index (κ1) is 15.3. The maximum Gasteiger partial charge on any atom is 0.0462 e. The van der Waals surface area contributed by atoms with Crippen molar-refractivity contribution in [2.75, 3.05) is 26.2 Å². The number of likely N-dealkylation sites (tertiary alicyclic amines) is 1. The molecule has 0 aromatic heterocycles. The van der Waals surface area contributed by atoms with Crippen LogP contribution in [0.3, 0.4) is 0 Å². The van der Waals surface area contributed by atoms with Crippen LogP contribution in [0.4, 0.5) is 0 Å². The Morgan fingerprint density at radius 3 is 2.58 bits per heavy atom. The summed E-state index contributed by atoms with van der Waals surface area (Å²) in [5.74, 6) is 0. The zero-order valence-corrected chi connectivity index (χ0v) is 13.6. The standard InChI is InChI=1S/C15H22BrClN2/c16-14-6-5-13(15(17)11-14)12-18-7-10-19-8-3-1-2-4-9-19/h5-6,11,18H,1-4,7-10,12H2. The lowest BCUT2D eigenvalue weighted by atomic mass is 10.2. The lowest BCUT2D eigenvalue weighted by molar-refractivity contribution is 0.284. The molecule has 2 rings (SSSR count). The van der Waals surface area contributed by atoms with Crippen molar-refractivity contribution in [1.82, 2.24) is 10.2 Å². The van der Waals surface area contributed by atoms with Crippen LogP contribution in [-0.2, 0) is 6.54 Å². The van der Waals surface area contributed by atoms with E-state index in [0.717, 1.165) is 29.1 Å². The number of halogens is 2. The summed E-state index contributed by atoms with van der Waals surface area (Å²) >= 11 is 9.62. The van der Waals surface area contributed by atoms with Crippen LogP contribution in [0.5, 0.6) is 0 Å². The number of nitrogens with zero attached hydrogens (tertiary/aromatic N) is 1. The SMILES string of the molecule is Clc1cc(Br)ccc1CNCCN1CCCCCC1. The Morgan fingerprint density at radius 1 is 1.16 bits per heavy atom. The van der Waals surface area contributed by atoms with Crippen molar-refractivity contribution in [2.45, 2.75) is 32.2 Å². The molecule has 1 saturated heterocycles. The van der Waals surface area contributed by atoms with Gasteiger partial charge < -0.3 is 10.2 Å². The molecule has 19 heavy (non-hydrogen) atoms. The molecule has 1 heterocycles. The van der Waals surface area contributed by atoms with Crippen LogP contribution < -0.4 is 5.32 Å². The smallest absolute Gasteiger partial charge is 0.0462 e. The highest BCUT2D eigenvalue weighted by Gasteiger charge is 2.08. The Balaban J connectivity index is 1.68. The third kappa shape index (κ3) is 5.42. The van der Waals surface area contributed by atoms with E-state index in [1.165, 1.54) is 44.3 Å². The molecule has 1 fully saturated rings. The molecule has 1 aliphatic rings. The average Bonchev–Trinajstić information content (AvgIpc) is 2.65. The first-order valence-electron chi connectivity index (χ1n) is 7.13. The molecule has 0 atom stereocenters. The molecule has 1 N–H and O–H groups in total. The zero-order chi connectivity index (χ0) is 13.5. The first-order chi connectivity index (χ1) is 9.25. The van der Waals surface area contributed by atoms with Gasteiger partial charge in [0.25, 0.3) is 0 Å². The van der Waals surface area contributed by atoms with E-state index in [1.54, 1.807) is 0 Å². The van der Waals surface area contributed by atoms with E-state index in [4.69, 9.17) is 11.6 Å². The Labute approximate surface area is 129 Å². The highest BCUT2D eigenvalue weighted by molar-refractivity contribution is 9.10. The topological polar surface area (TPSA) is 15.3 Å². The largest absolute Gasteiger partial charge is 0.311 e. The predicted molar refractivity (Wildman–Crippen MR) is 85.8 cm³/mol. The van der Waals surface area contributed by atoms with Gasteiger partial charge in [0, 0.05) is 29.1 Å². The third-order valence-corrected chi connectivity index (χ3v) is 4.48. The minimum absolute atomic E-state index is 0.830. The summed E-state index contributed by atoms with van der Waals surface area (Å²) in [6.07, 6.45) is 5.52. The number of hydrogen-bond donors (Lipinski definition) is 1. The number of nitrogens with one attached hydrogen (secondary N) is 1. The third-order valence-electron chi connectivity index (χ3n) is 3.63. The number of hydrogen-bond acceptors (Lipinski definition) is 2. The fourth-order valence-electron chi connectivity index (χ4n) is 2.49. The lowest BCUT2D eigenvalue weighted by Gasteiger charge is -2.19. The van der Waals surface area contributed by atoms with Crippen LogP contribution in [0.2, 0.25) is 5.02 Å². The predicted octanol–water partition coefficient (Wildman–Crippen LogP) is 4.07. The Bertz CT molecular complexity index is 390. The second-order valence-electron chi connectivity index (χ2n) is 5.17. The molecule has 106 valence electrons. The van der Waals surface area contributed by atoms with Crippen LogP contribution in [0.15, 0.2) is 22.7 Å².